The largest absolute Gasteiger partial charge is 0.380 e. The average molecular weight is 336 g/mol. The molecular formula is C17H19BrFN. The van der Waals surface area contributed by atoms with Crippen LogP contribution in [0.5, 0.6) is 0 Å². The van der Waals surface area contributed by atoms with Crippen molar-refractivity contribution in [1.29, 1.82) is 0 Å². The van der Waals surface area contributed by atoms with Gasteiger partial charge in [0.05, 0.1) is 5.69 Å². The summed E-state index contributed by atoms with van der Waals surface area (Å²) in [4.78, 5) is 0. The molecule has 20 heavy (non-hydrogen) atoms. The van der Waals surface area contributed by atoms with Crippen LogP contribution in [0.2, 0.25) is 0 Å². The van der Waals surface area contributed by atoms with Gasteiger partial charge >= 0.3 is 0 Å². The lowest BCUT2D eigenvalue weighted by Gasteiger charge is -2.10. The smallest absolute Gasteiger partial charge is 0.125 e. The highest BCUT2D eigenvalue weighted by Gasteiger charge is 2.02. The molecule has 0 radical (unpaired) electrons. The van der Waals surface area contributed by atoms with E-state index >= 15 is 0 Å². The van der Waals surface area contributed by atoms with E-state index in [9.17, 15) is 4.39 Å². The van der Waals surface area contributed by atoms with Gasteiger partial charge in [0.2, 0.25) is 0 Å². The minimum atomic E-state index is -0.233. The van der Waals surface area contributed by atoms with Gasteiger partial charge in [0.15, 0.2) is 0 Å². The van der Waals surface area contributed by atoms with E-state index in [-0.39, 0.29) is 5.82 Å². The molecule has 2 rings (SSSR count). The van der Waals surface area contributed by atoms with Gasteiger partial charge in [-0.25, -0.2) is 4.39 Å². The number of anilines is 1. The Morgan fingerprint density at radius 2 is 1.70 bits per heavy atom. The van der Waals surface area contributed by atoms with Crippen LogP contribution in [0.3, 0.4) is 0 Å². The first-order valence-electron chi connectivity index (χ1n) is 6.81. The van der Waals surface area contributed by atoms with Gasteiger partial charge in [-0.1, -0.05) is 38.1 Å². The van der Waals surface area contributed by atoms with E-state index in [1.54, 1.807) is 6.07 Å². The summed E-state index contributed by atoms with van der Waals surface area (Å²) in [6.07, 6.45) is 1.10. The van der Waals surface area contributed by atoms with Crippen molar-refractivity contribution in [3.63, 3.8) is 0 Å². The van der Waals surface area contributed by atoms with Gasteiger partial charge in [0, 0.05) is 11.0 Å². The van der Waals surface area contributed by atoms with Crippen LogP contribution >= 0.6 is 15.9 Å². The molecule has 0 heterocycles. The topological polar surface area (TPSA) is 12.0 Å². The van der Waals surface area contributed by atoms with Crippen LogP contribution < -0.4 is 5.32 Å². The highest BCUT2D eigenvalue weighted by molar-refractivity contribution is 9.10. The average Bonchev–Trinajstić information content (AvgIpc) is 2.41. The highest BCUT2D eigenvalue weighted by atomic mass is 79.9. The van der Waals surface area contributed by atoms with Crippen molar-refractivity contribution in [2.45, 2.75) is 26.8 Å². The normalized spacial score (nSPS) is 10.8. The predicted octanol–water partition coefficient (Wildman–Crippen LogP) is 5.40. The van der Waals surface area contributed by atoms with Crippen LogP contribution in [0.25, 0.3) is 0 Å². The third-order valence-electron chi connectivity index (χ3n) is 3.08. The van der Waals surface area contributed by atoms with Gasteiger partial charge < -0.3 is 5.32 Å². The van der Waals surface area contributed by atoms with Gasteiger partial charge in [0.25, 0.3) is 0 Å². The Balaban J connectivity index is 1.98. The van der Waals surface area contributed by atoms with Crippen molar-refractivity contribution in [1.82, 2.24) is 0 Å². The third kappa shape index (κ3) is 4.34. The standard InChI is InChI=1S/C17H19BrFN/c1-12(2)9-13-3-5-14(6-4-13)11-20-17-10-15(19)7-8-16(17)18/h3-8,10,12,20H,9,11H2,1-2H3. The highest BCUT2D eigenvalue weighted by Crippen LogP contribution is 2.23. The quantitative estimate of drug-likeness (QED) is 0.771. The maximum atomic E-state index is 13.2. The Morgan fingerprint density at radius 3 is 2.35 bits per heavy atom. The molecule has 2 aromatic rings. The molecule has 0 aliphatic rings. The van der Waals surface area contributed by atoms with Crippen molar-refractivity contribution in [3.05, 3.63) is 63.9 Å². The van der Waals surface area contributed by atoms with Crippen molar-refractivity contribution in [3.8, 4) is 0 Å². The zero-order valence-electron chi connectivity index (χ0n) is 11.8. The molecule has 1 N–H and O–H groups in total. The number of hydrogen-bond acceptors (Lipinski definition) is 1. The Hall–Kier alpha value is -1.35. The lowest BCUT2D eigenvalue weighted by atomic mass is 10.0. The molecule has 0 saturated heterocycles. The molecule has 0 aliphatic heterocycles. The molecule has 0 fully saturated rings. The first kappa shape index (κ1) is 15.0. The number of hydrogen-bond donors (Lipinski definition) is 1. The third-order valence-corrected chi connectivity index (χ3v) is 3.77. The van der Waals surface area contributed by atoms with E-state index in [1.807, 2.05) is 0 Å². The van der Waals surface area contributed by atoms with Gasteiger partial charge in [-0.2, -0.15) is 0 Å². The molecular weight excluding hydrogens is 317 g/mol. The zero-order chi connectivity index (χ0) is 14.5. The second kappa shape index (κ2) is 6.89. The SMILES string of the molecule is CC(C)Cc1ccc(CNc2cc(F)ccc2Br)cc1. The number of benzene rings is 2. The van der Waals surface area contributed by atoms with E-state index in [0.29, 0.717) is 12.5 Å². The fourth-order valence-electron chi connectivity index (χ4n) is 2.09. The molecule has 0 aromatic heterocycles. The van der Waals surface area contributed by atoms with Crippen LogP contribution in [0.15, 0.2) is 46.9 Å². The van der Waals surface area contributed by atoms with E-state index < -0.39 is 0 Å². The van der Waals surface area contributed by atoms with Crippen LogP contribution in [0.1, 0.15) is 25.0 Å². The summed E-state index contributed by atoms with van der Waals surface area (Å²) in [5, 5.41) is 3.24. The molecule has 106 valence electrons. The van der Waals surface area contributed by atoms with Crippen LogP contribution in [-0.4, -0.2) is 0 Å². The molecule has 2 aromatic carbocycles. The summed E-state index contributed by atoms with van der Waals surface area (Å²) in [6, 6.07) is 13.2. The fourth-order valence-corrected chi connectivity index (χ4v) is 2.48. The second-order valence-corrected chi connectivity index (χ2v) is 6.25. The molecule has 1 nitrogen and oxygen atoms in total. The summed E-state index contributed by atoms with van der Waals surface area (Å²) < 4.78 is 14.1. The lowest BCUT2D eigenvalue weighted by Crippen LogP contribution is -2.01. The second-order valence-electron chi connectivity index (χ2n) is 5.39. The van der Waals surface area contributed by atoms with Crippen LogP contribution in [0.4, 0.5) is 10.1 Å². The lowest BCUT2D eigenvalue weighted by molar-refractivity contribution is 0.628. The van der Waals surface area contributed by atoms with Gasteiger partial charge in [0.1, 0.15) is 5.82 Å². The van der Waals surface area contributed by atoms with E-state index in [0.717, 1.165) is 16.6 Å². The molecule has 0 bridgehead atoms. The first-order chi connectivity index (χ1) is 9.54. The Morgan fingerprint density at radius 1 is 1.05 bits per heavy atom. The Bertz CT molecular complexity index is 564. The van der Waals surface area contributed by atoms with Crippen molar-refractivity contribution < 1.29 is 4.39 Å². The van der Waals surface area contributed by atoms with Gasteiger partial charge in [-0.15, -0.1) is 0 Å². The van der Waals surface area contributed by atoms with Crippen molar-refractivity contribution in [2.75, 3.05) is 5.32 Å². The summed E-state index contributed by atoms with van der Waals surface area (Å²) in [6.45, 7) is 5.12. The monoisotopic (exact) mass is 335 g/mol. The zero-order valence-corrected chi connectivity index (χ0v) is 13.4. The Labute approximate surface area is 128 Å². The predicted molar refractivity (Wildman–Crippen MR) is 86.4 cm³/mol. The van der Waals surface area contributed by atoms with Crippen molar-refractivity contribution in [2.24, 2.45) is 5.92 Å². The van der Waals surface area contributed by atoms with Crippen LogP contribution in [-0.2, 0) is 13.0 Å². The molecule has 3 heteroatoms. The molecule has 0 unspecified atom stereocenters. The van der Waals surface area contributed by atoms with E-state index in [4.69, 9.17) is 0 Å². The number of halogens is 2. The summed E-state index contributed by atoms with van der Waals surface area (Å²) in [5.74, 6) is 0.435. The van der Waals surface area contributed by atoms with Gasteiger partial charge in [-0.3, -0.25) is 0 Å². The fraction of sp³-hybridized carbons (Fsp3) is 0.294. The Kier molecular flexibility index (Phi) is 5.18. The number of rotatable bonds is 5. The molecule has 0 aliphatic carbocycles. The van der Waals surface area contributed by atoms with E-state index in [2.05, 4.69) is 59.4 Å². The molecule has 0 spiro atoms. The van der Waals surface area contributed by atoms with Crippen molar-refractivity contribution >= 4 is 21.6 Å². The maximum Gasteiger partial charge on any atom is 0.125 e. The summed E-state index contributed by atoms with van der Waals surface area (Å²) in [5.41, 5.74) is 3.32. The maximum absolute atomic E-state index is 13.2. The minimum Gasteiger partial charge on any atom is -0.380 e. The summed E-state index contributed by atoms with van der Waals surface area (Å²) >= 11 is 3.41. The van der Waals surface area contributed by atoms with Crippen LogP contribution in [0, 0.1) is 11.7 Å². The summed E-state index contributed by atoms with van der Waals surface area (Å²) in [7, 11) is 0. The number of nitrogens with one attached hydrogen (secondary N) is 1. The van der Waals surface area contributed by atoms with Gasteiger partial charge in [-0.05, 0) is 57.6 Å². The molecule has 0 atom stereocenters. The first-order valence-corrected chi connectivity index (χ1v) is 7.60. The molecule has 0 saturated carbocycles. The minimum absolute atomic E-state index is 0.233. The van der Waals surface area contributed by atoms with E-state index in [1.165, 1.54) is 23.3 Å². The molecule has 0 amide bonds.